The molecule has 31 heavy (non-hydrogen) atoms. The van der Waals surface area contributed by atoms with Crippen molar-refractivity contribution in [2.45, 2.75) is 20.4 Å². The molecule has 1 heterocycles. The molecule has 2 N–H and O–H groups in total. The summed E-state index contributed by atoms with van der Waals surface area (Å²) in [6, 6.07) is 14.9. The molecule has 0 saturated carbocycles. The highest BCUT2D eigenvalue weighted by Crippen LogP contribution is 2.27. The van der Waals surface area contributed by atoms with Gasteiger partial charge in [-0.15, -0.1) is 0 Å². The number of methoxy groups -OCH3 is 2. The number of benzene rings is 2. The summed E-state index contributed by atoms with van der Waals surface area (Å²) in [6.45, 7) is 4.47. The molecule has 3 aromatic rings. The fraction of sp³-hybridized carbons (Fsp3) is 0.333. The Morgan fingerprint density at radius 1 is 1.13 bits per heavy atom. The van der Waals surface area contributed by atoms with Gasteiger partial charge in [-0.2, -0.15) is 5.26 Å². The van der Waals surface area contributed by atoms with Gasteiger partial charge in [0.2, 0.25) is 0 Å². The Labute approximate surface area is 181 Å². The molecule has 7 heteroatoms. The van der Waals surface area contributed by atoms with Crippen molar-refractivity contribution in [3.63, 3.8) is 0 Å². The molecule has 0 aliphatic heterocycles. The van der Waals surface area contributed by atoms with E-state index in [1.54, 1.807) is 38.5 Å². The van der Waals surface area contributed by atoms with E-state index in [2.05, 4.69) is 11.4 Å². The van der Waals surface area contributed by atoms with Crippen LogP contribution in [0.3, 0.4) is 0 Å². The number of nitriles is 1. The fourth-order valence-electron chi connectivity index (χ4n) is 3.31. The van der Waals surface area contributed by atoms with Crippen molar-refractivity contribution in [1.29, 1.82) is 5.26 Å². The van der Waals surface area contributed by atoms with Gasteiger partial charge in [-0.3, -0.25) is 4.79 Å². The van der Waals surface area contributed by atoms with Gasteiger partial charge in [0.1, 0.15) is 17.2 Å². The molecule has 2 aromatic carbocycles. The van der Waals surface area contributed by atoms with Gasteiger partial charge < -0.3 is 24.5 Å². The van der Waals surface area contributed by atoms with E-state index in [4.69, 9.17) is 9.47 Å². The maximum absolute atomic E-state index is 13.1. The molecular formula is C24H27N3O4. The lowest BCUT2D eigenvalue weighted by atomic mass is 9.95. The molecule has 0 spiro atoms. The number of carbonyl (C=O) groups excluding carboxylic acids is 1. The molecule has 7 nitrogen and oxygen atoms in total. The highest BCUT2D eigenvalue weighted by atomic mass is 16.5. The molecule has 3 rings (SSSR count). The lowest BCUT2D eigenvalue weighted by Gasteiger charge is -2.22. The summed E-state index contributed by atoms with van der Waals surface area (Å²) >= 11 is 0. The second-order valence-electron chi connectivity index (χ2n) is 8.23. The number of nitrogens with one attached hydrogen (secondary N) is 1. The number of aliphatic hydroxyl groups excluding tert-OH is 1. The minimum absolute atomic E-state index is 0.0363. The third-order valence-corrected chi connectivity index (χ3v) is 5.17. The fourth-order valence-corrected chi connectivity index (χ4v) is 3.31. The zero-order valence-corrected chi connectivity index (χ0v) is 18.2. The van der Waals surface area contributed by atoms with Gasteiger partial charge in [0, 0.05) is 42.1 Å². The second kappa shape index (κ2) is 9.11. The third-order valence-electron chi connectivity index (χ3n) is 5.17. The van der Waals surface area contributed by atoms with Gasteiger partial charge in [-0.05, 0) is 42.0 Å². The summed E-state index contributed by atoms with van der Waals surface area (Å²) in [5.74, 6) is 1.08. The molecule has 0 saturated heterocycles. The standard InChI is InChI=1S/C24H27N3O4/c1-24(2,15-28)14-26-23(29)22-10-18-7-16(12-25)5-6-21(18)27(22)13-17-8-19(30-3)11-20(9-17)31-4/h5-11,28H,13-15H2,1-4H3,(H,26,29). The monoisotopic (exact) mass is 421 g/mol. The summed E-state index contributed by atoms with van der Waals surface area (Å²) in [5, 5.41) is 22.5. The van der Waals surface area contributed by atoms with Crippen LogP contribution in [0.4, 0.5) is 0 Å². The number of aromatic nitrogens is 1. The van der Waals surface area contributed by atoms with Crippen molar-refractivity contribution in [1.82, 2.24) is 9.88 Å². The van der Waals surface area contributed by atoms with Crippen molar-refractivity contribution in [2.75, 3.05) is 27.4 Å². The highest BCUT2D eigenvalue weighted by molar-refractivity contribution is 5.99. The van der Waals surface area contributed by atoms with Crippen LogP contribution in [0.25, 0.3) is 10.9 Å². The van der Waals surface area contributed by atoms with Crippen LogP contribution in [0.1, 0.15) is 35.5 Å². The minimum atomic E-state index is -0.430. The molecule has 0 aliphatic carbocycles. The van der Waals surface area contributed by atoms with Crippen LogP contribution in [0.2, 0.25) is 0 Å². The van der Waals surface area contributed by atoms with E-state index in [1.165, 1.54) is 0 Å². The molecular weight excluding hydrogens is 394 g/mol. The second-order valence-corrected chi connectivity index (χ2v) is 8.23. The number of rotatable bonds is 8. The maximum atomic E-state index is 13.1. The van der Waals surface area contributed by atoms with Crippen LogP contribution in [0.5, 0.6) is 11.5 Å². The SMILES string of the molecule is COc1cc(Cn2c(C(=O)NCC(C)(C)CO)cc3cc(C#N)ccc32)cc(OC)c1. The summed E-state index contributed by atoms with van der Waals surface area (Å²) in [6.07, 6.45) is 0. The van der Waals surface area contributed by atoms with Crippen LogP contribution in [0, 0.1) is 16.7 Å². The number of ether oxygens (including phenoxy) is 2. The van der Waals surface area contributed by atoms with Crippen molar-refractivity contribution in [2.24, 2.45) is 5.41 Å². The van der Waals surface area contributed by atoms with Gasteiger partial charge >= 0.3 is 0 Å². The largest absolute Gasteiger partial charge is 0.497 e. The van der Waals surface area contributed by atoms with E-state index in [-0.39, 0.29) is 12.5 Å². The quantitative estimate of drug-likeness (QED) is 0.582. The van der Waals surface area contributed by atoms with Gasteiger partial charge in [0.05, 0.1) is 25.9 Å². The number of nitrogens with zero attached hydrogens (tertiary/aromatic N) is 2. The molecule has 0 radical (unpaired) electrons. The Morgan fingerprint density at radius 2 is 1.81 bits per heavy atom. The minimum Gasteiger partial charge on any atom is -0.497 e. The smallest absolute Gasteiger partial charge is 0.267 e. The van der Waals surface area contributed by atoms with Crippen molar-refractivity contribution in [3.05, 3.63) is 59.3 Å². The molecule has 1 aromatic heterocycles. The molecule has 1 amide bonds. The number of amides is 1. The van der Waals surface area contributed by atoms with Crippen LogP contribution < -0.4 is 14.8 Å². The Hall–Kier alpha value is -3.50. The zero-order chi connectivity index (χ0) is 22.6. The predicted molar refractivity (Wildman–Crippen MR) is 119 cm³/mol. The van der Waals surface area contributed by atoms with Gasteiger partial charge in [-0.25, -0.2) is 0 Å². The first kappa shape index (κ1) is 22.2. The lowest BCUT2D eigenvalue weighted by Crippen LogP contribution is -2.36. The van der Waals surface area contributed by atoms with Crippen LogP contribution >= 0.6 is 0 Å². The highest BCUT2D eigenvalue weighted by Gasteiger charge is 2.21. The van der Waals surface area contributed by atoms with E-state index in [1.807, 2.05) is 36.6 Å². The number of hydrogen-bond acceptors (Lipinski definition) is 5. The predicted octanol–water partition coefficient (Wildman–Crippen LogP) is 3.33. The summed E-state index contributed by atoms with van der Waals surface area (Å²) in [7, 11) is 3.18. The normalized spacial score (nSPS) is 11.2. The molecule has 0 bridgehead atoms. The van der Waals surface area contributed by atoms with E-state index in [0.717, 1.165) is 16.5 Å². The molecule has 162 valence electrons. The van der Waals surface area contributed by atoms with E-state index >= 15 is 0 Å². The van der Waals surface area contributed by atoms with Crippen molar-refractivity contribution < 1.29 is 19.4 Å². The average molecular weight is 421 g/mol. The van der Waals surface area contributed by atoms with Gasteiger partial charge in [0.15, 0.2) is 0 Å². The summed E-state index contributed by atoms with van der Waals surface area (Å²) in [4.78, 5) is 13.1. The summed E-state index contributed by atoms with van der Waals surface area (Å²) < 4.78 is 12.7. The van der Waals surface area contributed by atoms with E-state index in [9.17, 15) is 15.2 Å². The molecule has 0 aliphatic rings. The number of carbonyl (C=O) groups is 1. The van der Waals surface area contributed by atoms with Crippen LogP contribution in [-0.4, -0.2) is 43.0 Å². The lowest BCUT2D eigenvalue weighted by molar-refractivity contribution is 0.0903. The van der Waals surface area contributed by atoms with Crippen molar-refractivity contribution >= 4 is 16.8 Å². The number of fused-ring (bicyclic) bond motifs is 1. The van der Waals surface area contributed by atoms with Crippen LogP contribution in [0.15, 0.2) is 42.5 Å². The van der Waals surface area contributed by atoms with E-state index in [0.29, 0.717) is 35.8 Å². The topological polar surface area (TPSA) is 96.5 Å². The first-order valence-electron chi connectivity index (χ1n) is 9.94. The average Bonchev–Trinajstić information content (AvgIpc) is 3.14. The molecule has 0 atom stereocenters. The Kier molecular flexibility index (Phi) is 6.52. The maximum Gasteiger partial charge on any atom is 0.267 e. The first-order chi connectivity index (χ1) is 14.8. The van der Waals surface area contributed by atoms with E-state index < -0.39 is 5.41 Å². The first-order valence-corrected chi connectivity index (χ1v) is 9.94. The summed E-state index contributed by atoms with van der Waals surface area (Å²) in [5.41, 5.74) is 2.32. The Balaban J connectivity index is 2.05. The number of hydrogen-bond donors (Lipinski definition) is 2. The van der Waals surface area contributed by atoms with Crippen molar-refractivity contribution in [3.8, 4) is 17.6 Å². The van der Waals surface area contributed by atoms with Crippen LogP contribution in [-0.2, 0) is 6.54 Å². The van der Waals surface area contributed by atoms with Gasteiger partial charge in [0.25, 0.3) is 5.91 Å². The Morgan fingerprint density at radius 3 is 2.39 bits per heavy atom. The molecule has 0 fully saturated rings. The van der Waals surface area contributed by atoms with Gasteiger partial charge in [-0.1, -0.05) is 13.8 Å². The number of aliphatic hydroxyl groups is 1. The third kappa shape index (κ3) is 4.98. The molecule has 0 unspecified atom stereocenters. The Bertz CT molecular complexity index is 1120. The zero-order valence-electron chi connectivity index (χ0n) is 18.2.